The van der Waals surface area contributed by atoms with Gasteiger partial charge in [-0.25, -0.2) is 9.78 Å². The number of ether oxygens (including phenoxy) is 6. The second-order valence-electron chi connectivity index (χ2n) is 9.45. The summed E-state index contributed by atoms with van der Waals surface area (Å²) < 4.78 is 33.1. The predicted octanol–water partition coefficient (Wildman–Crippen LogP) is 3.05. The van der Waals surface area contributed by atoms with Gasteiger partial charge in [-0.05, 0) is 36.6 Å². The van der Waals surface area contributed by atoms with Gasteiger partial charge < -0.3 is 33.7 Å². The summed E-state index contributed by atoms with van der Waals surface area (Å²) >= 11 is 0. The molecule has 0 spiro atoms. The topological polar surface area (TPSA) is 132 Å². The van der Waals surface area contributed by atoms with Crippen LogP contribution in [0.4, 0.5) is 0 Å². The minimum atomic E-state index is -1.27. The SMILES string of the molecule is COc1ccnc(C(=O)N[C@H]2COC(=O)[C@H](Cc3ccccc3)[CH][C@H](C)OC2=O)c1OCc1ccc2c(c1)OCO2. The summed E-state index contributed by atoms with van der Waals surface area (Å²) in [4.78, 5) is 43.4. The molecule has 213 valence electrons. The normalized spacial score (nSPS) is 20.1. The molecule has 0 saturated carbocycles. The number of rotatable bonds is 8. The number of amides is 1. The molecular weight excluding hydrogens is 532 g/mol. The number of methoxy groups -OCH3 is 1. The number of nitrogens with zero attached hydrogens (tertiary/aromatic N) is 1. The fourth-order valence-corrected chi connectivity index (χ4v) is 4.48. The standard InChI is InChI=1S/C30H29N2O9/c1-18-12-21(13-19-6-4-3-5-7-19)29(34)38-16-22(30(35)41-18)32-28(33)26-27(24(36-2)10-11-31-26)37-15-20-8-9-23-25(14-20)40-17-39-23/h3-12,14,18,21-22H,13,15-17H2,1-2H3,(H,32,33)/t18-,21-,22-/m0/s1. The lowest BCUT2D eigenvalue weighted by molar-refractivity contribution is -0.152. The Bertz CT molecular complexity index is 1410. The zero-order valence-corrected chi connectivity index (χ0v) is 22.5. The van der Waals surface area contributed by atoms with Crippen LogP contribution in [0.25, 0.3) is 0 Å². The molecule has 3 atom stereocenters. The zero-order chi connectivity index (χ0) is 28.8. The maximum Gasteiger partial charge on any atom is 0.332 e. The first-order valence-corrected chi connectivity index (χ1v) is 13.0. The van der Waals surface area contributed by atoms with Gasteiger partial charge in [-0.15, -0.1) is 0 Å². The van der Waals surface area contributed by atoms with Gasteiger partial charge in [-0.3, -0.25) is 9.59 Å². The van der Waals surface area contributed by atoms with Crippen molar-refractivity contribution in [2.45, 2.75) is 32.1 Å². The average molecular weight is 562 g/mol. The Hall–Kier alpha value is -4.80. The average Bonchev–Trinajstić information content (AvgIpc) is 3.46. The molecule has 11 heteroatoms. The van der Waals surface area contributed by atoms with Gasteiger partial charge in [0.15, 0.2) is 34.7 Å². The number of carbonyl (C=O) groups excluding carboxylic acids is 3. The molecule has 2 aliphatic heterocycles. The smallest absolute Gasteiger partial charge is 0.332 e. The highest BCUT2D eigenvalue weighted by Gasteiger charge is 2.34. The van der Waals surface area contributed by atoms with Crippen molar-refractivity contribution in [1.29, 1.82) is 0 Å². The Kier molecular flexibility index (Phi) is 8.52. The van der Waals surface area contributed by atoms with E-state index in [2.05, 4.69) is 10.3 Å². The van der Waals surface area contributed by atoms with E-state index in [1.54, 1.807) is 37.6 Å². The van der Waals surface area contributed by atoms with E-state index in [-0.39, 0.29) is 30.6 Å². The first-order valence-electron chi connectivity index (χ1n) is 13.0. The van der Waals surface area contributed by atoms with Crippen LogP contribution in [0, 0.1) is 12.3 Å². The molecule has 1 fully saturated rings. The third-order valence-electron chi connectivity index (χ3n) is 6.51. The summed E-state index contributed by atoms with van der Waals surface area (Å²) in [6.45, 7) is 1.45. The summed E-state index contributed by atoms with van der Waals surface area (Å²) in [5, 5.41) is 2.57. The Morgan fingerprint density at radius 3 is 2.61 bits per heavy atom. The number of esters is 2. The van der Waals surface area contributed by atoms with Crippen LogP contribution in [0.1, 0.15) is 28.5 Å². The van der Waals surface area contributed by atoms with E-state index in [1.165, 1.54) is 13.3 Å². The Morgan fingerprint density at radius 2 is 1.80 bits per heavy atom. The highest BCUT2D eigenvalue weighted by atomic mass is 16.7. The zero-order valence-electron chi connectivity index (χ0n) is 22.5. The van der Waals surface area contributed by atoms with Gasteiger partial charge in [0.1, 0.15) is 19.3 Å². The number of hydrogen-bond donors (Lipinski definition) is 1. The summed E-state index contributed by atoms with van der Waals surface area (Å²) in [5.41, 5.74) is 1.57. The first-order chi connectivity index (χ1) is 19.9. The molecule has 3 heterocycles. The number of fused-ring (bicyclic) bond motifs is 1. The molecule has 1 N–H and O–H groups in total. The van der Waals surface area contributed by atoms with Crippen LogP contribution in [0.3, 0.4) is 0 Å². The van der Waals surface area contributed by atoms with Crippen molar-refractivity contribution in [2.75, 3.05) is 20.5 Å². The Morgan fingerprint density at radius 1 is 1.00 bits per heavy atom. The quantitative estimate of drug-likeness (QED) is 0.410. The molecule has 1 radical (unpaired) electrons. The third kappa shape index (κ3) is 6.68. The van der Waals surface area contributed by atoms with Crippen LogP contribution in [-0.4, -0.2) is 55.5 Å². The first kappa shape index (κ1) is 27.8. The number of aromatic nitrogens is 1. The molecular formula is C30H29N2O9. The van der Waals surface area contributed by atoms with E-state index < -0.39 is 42.5 Å². The number of hydrogen-bond acceptors (Lipinski definition) is 10. The lowest BCUT2D eigenvalue weighted by atomic mass is 9.94. The molecule has 1 aromatic heterocycles. The van der Waals surface area contributed by atoms with Gasteiger partial charge >= 0.3 is 11.9 Å². The lowest BCUT2D eigenvalue weighted by Gasteiger charge is -2.19. The maximum atomic E-state index is 13.4. The number of cyclic esters (lactones) is 2. The highest BCUT2D eigenvalue weighted by Crippen LogP contribution is 2.34. The minimum absolute atomic E-state index is 0.0677. The molecule has 0 bridgehead atoms. The summed E-state index contributed by atoms with van der Waals surface area (Å²) in [6, 6.07) is 15.1. The largest absolute Gasteiger partial charge is 0.493 e. The van der Waals surface area contributed by atoms with Crippen molar-refractivity contribution in [3.8, 4) is 23.0 Å². The van der Waals surface area contributed by atoms with Crippen molar-refractivity contribution in [2.24, 2.45) is 5.92 Å². The summed E-state index contributed by atoms with van der Waals surface area (Å²) in [5.74, 6) is -1.08. The van der Waals surface area contributed by atoms with Crippen LogP contribution in [-0.2, 0) is 32.1 Å². The summed E-state index contributed by atoms with van der Waals surface area (Å²) in [6.07, 6.45) is 2.70. The number of pyridine rings is 1. The van der Waals surface area contributed by atoms with Crippen LogP contribution in [0.15, 0.2) is 60.8 Å². The van der Waals surface area contributed by atoms with Gasteiger partial charge in [-0.1, -0.05) is 36.4 Å². The van der Waals surface area contributed by atoms with Crippen molar-refractivity contribution >= 4 is 17.8 Å². The molecule has 0 unspecified atom stereocenters. The van der Waals surface area contributed by atoms with E-state index in [0.29, 0.717) is 17.9 Å². The molecule has 1 amide bonds. The van der Waals surface area contributed by atoms with E-state index >= 15 is 0 Å². The number of benzene rings is 2. The number of carbonyl (C=O) groups is 3. The predicted molar refractivity (Wildman–Crippen MR) is 143 cm³/mol. The van der Waals surface area contributed by atoms with Gasteiger partial charge in [0.05, 0.1) is 13.0 Å². The van der Waals surface area contributed by atoms with Crippen molar-refractivity contribution in [3.05, 3.63) is 84.0 Å². The second-order valence-corrected chi connectivity index (χ2v) is 9.45. The van der Waals surface area contributed by atoms with Crippen LogP contribution in [0.2, 0.25) is 0 Å². The van der Waals surface area contributed by atoms with Gasteiger partial charge in [0.25, 0.3) is 5.91 Å². The third-order valence-corrected chi connectivity index (χ3v) is 6.51. The van der Waals surface area contributed by atoms with Crippen LogP contribution in [0.5, 0.6) is 23.0 Å². The fraction of sp³-hybridized carbons (Fsp3) is 0.300. The van der Waals surface area contributed by atoms with Gasteiger partial charge in [0, 0.05) is 18.7 Å². The van der Waals surface area contributed by atoms with Crippen molar-refractivity contribution in [1.82, 2.24) is 10.3 Å². The Labute approximate surface area is 236 Å². The Balaban J connectivity index is 1.29. The molecule has 41 heavy (non-hydrogen) atoms. The maximum absolute atomic E-state index is 13.4. The molecule has 5 rings (SSSR count). The van der Waals surface area contributed by atoms with Crippen molar-refractivity contribution in [3.63, 3.8) is 0 Å². The monoisotopic (exact) mass is 561 g/mol. The lowest BCUT2D eigenvalue weighted by Crippen LogP contribution is -2.46. The second kappa shape index (κ2) is 12.6. The van der Waals surface area contributed by atoms with Crippen LogP contribution >= 0.6 is 0 Å². The minimum Gasteiger partial charge on any atom is -0.493 e. The number of nitrogens with one attached hydrogen (secondary N) is 1. The summed E-state index contributed by atoms with van der Waals surface area (Å²) in [7, 11) is 1.43. The molecule has 2 aromatic carbocycles. The van der Waals surface area contributed by atoms with E-state index in [9.17, 15) is 14.4 Å². The highest BCUT2D eigenvalue weighted by molar-refractivity contribution is 5.98. The van der Waals surface area contributed by atoms with Gasteiger partial charge in [-0.2, -0.15) is 0 Å². The molecule has 1 saturated heterocycles. The van der Waals surface area contributed by atoms with Crippen molar-refractivity contribution < 1.29 is 42.8 Å². The van der Waals surface area contributed by atoms with E-state index in [1.807, 2.05) is 30.3 Å². The van der Waals surface area contributed by atoms with Crippen LogP contribution < -0.4 is 24.3 Å². The van der Waals surface area contributed by atoms with Gasteiger partial charge in [0.2, 0.25) is 6.79 Å². The molecule has 11 nitrogen and oxygen atoms in total. The molecule has 3 aromatic rings. The van der Waals surface area contributed by atoms with E-state index in [0.717, 1.165) is 11.1 Å². The fourth-order valence-electron chi connectivity index (χ4n) is 4.48. The molecule has 2 aliphatic rings. The molecule has 0 aliphatic carbocycles. The van der Waals surface area contributed by atoms with E-state index in [4.69, 9.17) is 28.4 Å².